The van der Waals surface area contributed by atoms with E-state index in [1.54, 1.807) is 24.3 Å². The number of aliphatic carboxylic acids is 2. The minimum Gasteiger partial charge on any atom is -0.481 e. The minimum atomic E-state index is -1.58. The molecule has 2 aromatic rings. The van der Waals surface area contributed by atoms with E-state index in [9.17, 15) is 34.2 Å². The number of hydrogen-bond donors (Lipinski definition) is 6. The van der Waals surface area contributed by atoms with Crippen LogP contribution >= 0.6 is 12.2 Å². The second kappa shape index (κ2) is 12.7. The zero-order valence-corrected chi connectivity index (χ0v) is 20.9. The molecule has 1 aliphatic rings. The Morgan fingerprint density at radius 3 is 2.39 bits per heavy atom. The zero-order chi connectivity index (χ0) is 27.8. The van der Waals surface area contributed by atoms with Gasteiger partial charge in [0, 0.05) is 5.56 Å². The Hall–Kier alpha value is -4.36. The number of carboxylic acids is 2. The predicted molar refractivity (Wildman–Crippen MR) is 140 cm³/mol. The van der Waals surface area contributed by atoms with Crippen LogP contribution in [0.5, 0.6) is 0 Å². The zero-order valence-electron chi connectivity index (χ0n) is 20.1. The Morgan fingerprint density at radius 2 is 1.76 bits per heavy atom. The van der Waals surface area contributed by atoms with E-state index in [4.69, 9.17) is 18.0 Å². The van der Waals surface area contributed by atoms with E-state index in [-0.39, 0.29) is 22.1 Å². The number of nitrogens with one attached hydrogen (secondary N) is 3. The highest BCUT2D eigenvalue weighted by atomic mass is 32.1. The van der Waals surface area contributed by atoms with Crippen LogP contribution < -0.4 is 26.6 Å². The average Bonchev–Trinajstić information content (AvgIpc) is 3.17. The summed E-state index contributed by atoms with van der Waals surface area (Å²) in [5, 5.41) is 26.6. The van der Waals surface area contributed by atoms with Crippen LogP contribution in [0.25, 0.3) is 0 Å². The molecule has 1 aliphatic heterocycles. The van der Waals surface area contributed by atoms with Crippen LogP contribution in [-0.2, 0) is 19.2 Å². The maximum atomic E-state index is 13.0. The van der Waals surface area contributed by atoms with E-state index in [1.807, 2.05) is 0 Å². The first-order valence-electron chi connectivity index (χ1n) is 11.7. The van der Waals surface area contributed by atoms with Crippen molar-refractivity contribution in [3.05, 3.63) is 65.7 Å². The number of hydrogen-bond acceptors (Lipinski definition) is 7. The highest BCUT2D eigenvalue weighted by molar-refractivity contribution is 7.80. The van der Waals surface area contributed by atoms with Gasteiger partial charge in [0.1, 0.15) is 12.1 Å². The number of nitrogens with zero attached hydrogens (tertiary/aromatic N) is 1. The quantitative estimate of drug-likeness (QED) is 0.207. The number of benzene rings is 2. The number of amides is 3. The van der Waals surface area contributed by atoms with Crippen molar-refractivity contribution in [2.45, 2.75) is 37.4 Å². The number of nitrogens with two attached hydrogens (primary N) is 1. The Bertz CT molecular complexity index is 1240. The summed E-state index contributed by atoms with van der Waals surface area (Å²) in [6.07, 6.45) is 0.306. The molecule has 0 aliphatic carbocycles. The summed E-state index contributed by atoms with van der Waals surface area (Å²) >= 11 is 5.29. The van der Waals surface area contributed by atoms with Gasteiger partial charge in [-0.3, -0.25) is 24.1 Å². The van der Waals surface area contributed by atoms with Crippen molar-refractivity contribution < 1.29 is 34.2 Å². The smallest absolute Gasteiger partial charge is 0.330 e. The van der Waals surface area contributed by atoms with Crippen LogP contribution in [0, 0.1) is 0 Å². The van der Waals surface area contributed by atoms with Gasteiger partial charge in [-0.05, 0) is 55.4 Å². The molecule has 1 saturated heterocycles. The van der Waals surface area contributed by atoms with Crippen molar-refractivity contribution in [2.75, 3.05) is 11.4 Å². The highest BCUT2D eigenvalue weighted by Gasteiger charge is 2.36. The second-order valence-electron chi connectivity index (χ2n) is 8.47. The van der Waals surface area contributed by atoms with Crippen molar-refractivity contribution in [2.24, 2.45) is 5.73 Å². The molecule has 3 rings (SSSR count). The van der Waals surface area contributed by atoms with Gasteiger partial charge < -0.3 is 31.9 Å². The van der Waals surface area contributed by atoms with Crippen LogP contribution in [0.15, 0.2) is 54.6 Å². The lowest BCUT2D eigenvalue weighted by Crippen LogP contribution is -2.49. The fourth-order valence-electron chi connectivity index (χ4n) is 3.88. The Labute approximate surface area is 223 Å². The normalized spacial score (nSPS) is 16.3. The number of carboxylic acid groups (broad SMARTS) is 2. The topological polar surface area (TPSA) is 191 Å². The van der Waals surface area contributed by atoms with Crippen LogP contribution in [0.3, 0.4) is 0 Å². The van der Waals surface area contributed by atoms with Gasteiger partial charge in [0.15, 0.2) is 11.2 Å². The largest absolute Gasteiger partial charge is 0.481 e. The number of carbonyl (C=O) groups is 5. The van der Waals surface area contributed by atoms with Crippen LogP contribution in [0.2, 0.25) is 0 Å². The van der Waals surface area contributed by atoms with Gasteiger partial charge in [-0.15, -0.1) is 0 Å². The van der Waals surface area contributed by atoms with Crippen molar-refractivity contribution >= 4 is 52.7 Å². The molecule has 3 amide bonds. The standard InChI is InChI=1S/C25H27N5O7S/c26-11-5-10-17-23(35)30(25(38)28-17)16-9-4-8-15(12-16)21(33)27-18(13-19(31)32)22(34)29-20(24(36)37)14-6-2-1-3-7-14/h1-4,6-9,12,17-18,20H,5,10-11,13,26H2,(H,27,33)(H,28,38)(H,29,34)(H,31,32)(H,36,37)/t17-,18-,20-/m0/s1. The van der Waals surface area contributed by atoms with Crippen molar-refractivity contribution in [3.63, 3.8) is 0 Å². The van der Waals surface area contributed by atoms with Crippen LogP contribution in [0.1, 0.15) is 41.2 Å². The first-order chi connectivity index (χ1) is 18.1. The van der Waals surface area contributed by atoms with Gasteiger partial charge >= 0.3 is 11.9 Å². The summed E-state index contributed by atoms with van der Waals surface area (Å²) < 4.78 is 0. The fraction of sp³-hybridized carbons (Fsp3) is 0.280. The lowest BCUT2D eigenvalue weighted by Gasteiger charge is -2.21. The molecule has 13 heteroatoms. The molecule has 200 valence electrons. The van der Waals surface area contributed by atoms with Crippen molar-refractivity contribution in [1.82, 2.24) is 16.0 Å². The Balaban J connectivity index is 1.77. The van der Waals surface area contributed by atoms with Gasteiger partial charge in [0.25, 0.3) is 11.8 Å². The molecule has 0 spiro atoms. The fourth-order valence-corrected chi connectivity index (χ4v) is 4.22. The molecule has 3 atom stereocenters. The van der Waals surface area contributed by atoms with E-state index in [1.165, 1.54) is 35.2 Å². The molecule has 1 heterocycles. The number of anilines is 1. The summed E-state index contributed by atoms with van der Waals surface area (Å²) in [5.41, 5.74) is 6.13. The summed E-state index contributed by atoms with van der Waals surface area (Å²) in [6.45, 7) is 0.414. The molecular weight excluding hydrogens is 514 g/mol. The molecule has 0 saturated carbocycles. The molecule has 38 heavy (non-hydrogen) atoms. The first-order valence-corrected chi connectivity index (χ1v) is 12.1. The monoisotopic (exact) mass is 541 g/mol. The maximum Gasteiger partial charge on any atom is 0.330 e. The molecular formula is C25H27N5O7S. The SMILES string of the molecule is NCCC[C@@H]1NC(=S)N(c2cccc(C(=O)N[C@@H](CC(=O)O)C(=O)N[C@H](C(=O)O)c3ccccc3)c2)C1=O. The number of rotatable bonds is 12. The van der Waals surface area contributed by atoms with E-state index in [0.29, 0.717) is 25.1 Å². The third-order valence-electron chi connectivity index (χ3n) is 5.75. The summed E-state index contributed by atoms with van der Waals surface area (Å²) in [5.74, 6) is -4.83. The third-order valence-corrected chi connectivity index (χ3v) is 6.05. The Kier molecular flexibility index (Phi) is 9.46. The van der Waals surface area contributed by atoms with Gasteiger partial charge in [0.2, 0.25) is 5.91 Å². The van der Waals surface area contributed by atoms with E-state index < -0.39 is 48.3 Å². The van der Waals surface area contributed by atoms with Crippen LogP contribution in [-0.4, -0.2) is 63.6 Å². The summed E-state index contributed by atoms with van der Waals surface area (Å²) in [6, 6.07) is 10.2. The number of thiocarbonyl (C=S) groups is 1. The molecule has 0 unspecified atom stereocenters. The molecule has 7 N–H and O–H groups in total. The van der Waals surface area contributed by atoms with Gasteiger partial charge in [-0.2, -0.15) is 0 Å². The molecule has 12 nitrogen and oxygen atoms in total. The Morgan fingerprint density at radius 1 is 1.05 bits per heavy atom. The van der Waals surface area contributed by atoms with E-state index in [0.717, 1.165) is 0 Å². The molecule has 1 fully saturated rings. The lowest BCUT2D eigenvalue weighted by atomic mass is 10.1. The van der Waals surface area contributed by atoms with Gasteiger partial charge in [-0.25, -0.2) is 4.79 Å². The second-order valence-corrected chi connectivity index (χ2v) is 8.86. The highest BCUT2D eigenvalue weighted by Crippen LogP contribution is 2.23. The lowest BCUT2D eigenvalue weighted by molar-refractivity contribution is -0.143. The maximum absolute atomic E-state index is 13.0. The van der Waals surface area contributed by atoms with E-state index >= 15 is 0 Å². The van der Waals surface area contributed by atoms with Crippen molar-refractivity contribution in [3.8, 4) is 0 Å². The molecule has 2 aromatic carbocycles. The molecule has 0 aromatic heterocycles. The van der Waals surface area contributed by atoms with Crippen molar-refractivity contribution in [1.29, 1.82) is 0 Å². The van der Waals surface area contributed by atoms with Gasteiger partial charge in [-0.1, -0.05) is 36.4 Å². The minimum absolute atomic E-state index is 0.0320. The summed E-state index contributed by atoms with van der Waals surface area (Å²) in [7, 11) is 0. The molecule has 0 radical (unpaired) electrons. The number of carbonyl (C=O) groups excluding carboxylic acids is 3. The average molecular weight is 542 g/mol. The van der Waals surface area contributed by atoms with Gasteiger partial charge in [0.05, 0.1) is 12.1 Å². The third kappa shape index (κ3) is 6.89. The predicted octanol–water partition coefficient (Wildman–Crippen LogP) is 0.530. The van der Waals surface area contributed by atoms with E-state index in [2.05, 4.69) is 16.0 Å². The first kappa shape index (κ1) is 28.2. The molecule has 0 bridgehead atoms. The summed E-state index contributed by atoms with van der Waals surface area (Å²) in [4.78, 5) is 63.1. The van der Waals surface area contributed by atoms with Crippen LogP contribution in [0.4, 0.5) is 5.69 Å².